The fraction of sp³-hybridized carbons (Fsp3) is 0.250. The van der Waals surface area contributed by atoms with Crippen molar-refractivity contribution in [3.8, 4) is 0 Å². The molecule has 0 unspecified atom stereocenters. The molecular formula is C16H19FN2O4S2. The van der Waals surface area contributed by atoms with Gasteiger partial charge in [-0.15, -0.1) is 0 Å². The maximum absolute atomic E-state index is 13.2. The van der Waals surface area contributed by atoms with E-state index in [1.807, 2.05) is 0 Å². The lowest BCUT2D eigenvalue weighted by atomic mass is 10.1. The minimum Gasteiger partial charge on any atom is -0.280 e. The second-order valence-corrected chi connectivity index (χ2v) is 9.81. The summed E-state index contributed by atoms with van der Waals surface area (Å²) in [5.41, 5.74) is -0.628. The molecule has 0 aliphatic heterocycles. The van der Waals surface area contributed by atoms with Crippen molar-refractivity contribution >= 4 is 25.7 Å². The number of hydrogen-bond acceptors (Lipinski definition) is 4. The van der Waals surface area contributed by atoms with E-state index < -0.39 is 31.4 Å². The monoisotopic (exact) mass is 386 g/mol. The number of benzene rings is 2. The van der Waals surface area contributed by atoms with E-state index in [-0.39, 0.29) is 15.5 Å². The van der Waals surface area contributed by atoms with E-state index in [9.17, 15) is 21.2 Å². The van der Waals surface area contributed by atoms with Crippen LogP contribution in [0.25, 0.3) is 0 Å². The number of anilines is 1. The Morgan fingerprint density at radius 2 is 1.40 bits per heavy atom. The molecule has 0 aromatic heterocycles. The van der Waals surface area contributed by atoms with Crippen LogP contribution in [0.3, 0.4) is 0 Å². The molecule has 2 aromatic carbocycles. The van der Waals surface area contributed by atoms with Crippen LogP contribution in [0.1, 0.15) is 20.8 Å². The lowest BCUT2D eigenvalue weighted by molar-refractivity contribution is 0.491. The molecule has 0 spiro atoms. The lowest BCUT2D eigenvalue weighted by Gasteiger charge is -2.20. The third-order valence-corrected chi connectivity index (χ3v) is 6.08. The molecule has 25 heavy (non-hydrogen) atoms. The summed E-state index contributed by atoms with van der Waals surface area (Å²) in [5, 5.41) is 0. The maximum Gasteiger partial charge on any atom is 0.261 e. The van der Waals surface area contributed by atoms with Crippen LogP contribution >= 0.6 is 0 Å². The highest BCUT2D eigenvalue weighted by atomic mass is 32.2. The van der Waals surface area contributed by atoms with Crippen LogP contribution in [0.15, 0.2) is 58.3 Å². The van der Waals surface area contributed by atoms with Gasteiger partial charge in [-0.25, -0.2) is 25.9 Å². The third-order valence-electron chi connectivity index (χ3n) is 2.94. The van der Waals surface area contributed by atoms with Gasteiger partial charge in [0.25, 0.3) is 10.0 Å². The Labute approximate surface area is 147 Å². The first-order valence-corrected chi connectivity index (χ1v) is 10.3. The minimum atomic E-state index is -4.04. The van der Waals surface area contributed by atoms with Gasteiger partial charge in [0, 0.05) is 5.54 Å². The SMILES string of the molecule is CC(C)(C)NS(=O)(=O)c1cccc(NS(=O)(=O)c2cccc(F)c2)c1. The Morgan fingerprint density at radius 3 is 1.96 bits per heavy atom. The topological polar surface area (TPSA) is 92.3 Å². The van der Waals surface area contributed by atoms with Crippen LogP contribution in [-0.4, -0.2) is 22.4 Å². The summed E-state index contributed by atoms with van der Waals surface area (Å²) in [6.45, 7) is 5.09. The molecule has 0 atom stereocenters. The predicted octanol–water partition coefficient (Wildman–Crippen LogP) is 2.70. The standard InChI is InChI=1S/C16H19FN2O4S2/c1-16(2,3)19-25(22,23)15-9-5-7-13(11-15)18-24(20,21)14-8-4-6-12(17)10-14/h4-11,18-19H,1-3H3. The summed E-state index contributed by atoms with van der Waals surface area (Å²) in [5.74, 6) is -0.686. The maximum atomic E-state index is 13.2. The Bertz CT molecular complexity index is 981. The van der Waals surface area contributed by atoms with E-state index in [4.69, 9.17) is 0 Å². The van der Waals surface area contributed by atoms with Crippen molar-refractivity contribution < 1.29 is 21.2 Å². The molecule has 0 aliphatic rings. The first kappa shape index (κ1) is 19.4. The molecule has 136 valence electrons. The number of rotatable bonds is 5. The molecule has 0 heterocycles. The highest BCUT2D eigenvalue weighted by Crippen LogP contribution is 2.21. The summed E-state index contributed by atoms with van der Waals surface area (Å²) >= 11 is 0. The van der Waals surface area contributed by atoms with Gasteiger partial charge in [0.2, 0.25) is 10.0 Å². The van der Waals surface area contributed by atoms with Gasteiger partial charge in [-0.3, -0.25) is 4.72 Å². The highest BCUT2D eigenvalue weighted by Gasteiger charge is 2.23. The van der Waals surface area contributed by atoms with Crippen LogP contribution in [-0.2, 0) is 20.0 Å². The largest absolute Gasteiger partial charge is 0.280 e. The molecular weight excluding hydrogens is 367 g/mol. The average Bonchev–Trinajstić information content (AvgIpc) is 2.44. The Hall–Kier alpha value is -1.97. The number of nitrogens with one attached hydrogen (secondary N) is 2. The van der Waals surface area contributed by atoms with Gasteiger partial charge in [0.1, 0.15) is 5.82 Å². The predicted molar refractivity (Wildman–Crippen MR) is 93.7 cm³/mol. The van der Waals surface area contributed by atoms with Crippen molar-refractivity contribution in [3.63, 3.8) is 0 Å². The van der Waals surface area contributed by atoms with Gasteiger partial charge in [0.05, 0.1) is 15.5 Å². The van der Waals surface area contributed by atoms with Crippen molar-refractivity contribution in [1.82, 2.24) is 4.72 Å². The summed E-state index contributed by atoms with van der Waals surface area (Å²) in [6.07, 6.45) is 0. The molecule has 0 radical (unpaired) electrons. The second kappa shape index (κ2) is 6.74. The Balaban J connectivity index is 2.34. The smallest absolute Gasteiger partial charge is 0.261 e. The van der Waals surface area contributed by atoms with Gasteiger partial charge in [-0.2, -0.15) is 0 Å². The van der Waals surface area contributed by atoms with Gasteiger partial charge in [-0.1, -0.05) is 12.1 Å². The number of sulfonamides is 2. The van der Waals surface area contributed by atoms with Gasteiger partial charge in [0.15, 0.2) is 0 Å². The first-order valence-electron chi connectivity index (χ1n) is 7.31. The Morgan fingerprint density at radius 1 is 0.840 bits per heavy atom. The zero-order valence-corrected chi connectivity index (χ0v) is 15.6. The molecule has 0 saturated carbocycles. The van der Waals surface area contributed by atoms with Crippen LogP contribution in [0, 0.1) is 5.82 Å². The molecule has 0 amide bonds. The molecule has 6 nitrogen and oxygen atoms in total. The number of hydrogen-bond donors (Lipinski definition) is 2. The molecule has 9 heteroatoms. The molecule has 2 N–H and O–H groups in total. The Kier molecular flexibility index (Phi) is 5.22. The van der Waals surface area contributed by atoms with Crippen LogP contribution in [0.4, 0.5) is 10.1 Å². The minimum absolute atomic E-state index is 0.0565. The van der Waals surface area contributed by atoms with Crippen LogP contribution in [0.2, 0.25) is 0 Å². The van der Waals surface area contributed by atoms with Crippen molar-refractivity contribution in [1.29, 1.82) is 0 Å². The summed E-state index contributed by atoms with van der Waals surface area (Å²) in [7, 11) is -7.85. The molecule has 0 bridgehead atoms. The second-order valence-electron chi connectivity index (χ2n) is 6.45. The first-order chi connectivity index (χ1) is 11.4. The van der Waals surface area contributed by atoms with Gasteiger partial charge >= 0.3 is 0 Å². The zero-order valence-electron chi connectivity index (χ0n) is 13.9. The molecule has 0 fully saturated rings. The average molecular weight is 386 g/mol. The van der Waals surface area contributed by atoms with Crippen molar-refractivity contribution in [3.05, 3.63) is 54.3 Å². The molecule has 2 aromatic rings. The summed E-state index contributed by atoms with van der Waals surface area (Å²) < 4.78 is 67.3. The van der Waals surface area contributed by atoms with Crippen molar-refractivity contribution in [2.24, 2.45) is 0 Å². The van der Waals surface area contributed by atoms with Crippen LogP contribution < -0.4 is 9.44 Å². The van der Waals surface area contributed by atoms with Crippen molar-refractivity contribution in [2.45, 2.75) is 36.1 Å². The van der Waals surface area contributed by atoms with Crippen LogP contribution in [0.5, 0.6) is 0 Å². The fourth-order valence-corrected chi connectivity index (χ4v) is 4.58. The van der Waals surface area contributed by atoms with E-state index in [2.05, 4.69) is 9.44 Å². The van der Waals surface area contributed by atoms with E-state index >= 15 is 0 Å². The fourth-order valence-electron chi connectivity index (χ4n) is 2.04. The van der Waals surface area contributed by atoms with E-state index in [0.717, 1.165) is 12.1 Å². The van der Waals surface area contributed by atoms with E-state index in [0.29, 0.717) is 0 Å². The molecule has 2 rings (SSSR count). The van der Waals surface area contributed by atoms with E-state index in [1.165, 1.54) is 36.4 Å². The molecule has 0 aliphatic carbocycles. The number of halogens is 1. The third kappa shape index (κ3) is 5.25. The summed E-state index contributed by atoms with van der Waals surface area (Å²) in [6, 6.07) is 9.91. The van der Waals surface area contributed by atoms with Gasteiger partial charge < -0.3 is 0 Å². The quantitative estimate of drug-likeness (QED) is 0.826. The lowest BCUT2D eigenvalue weighted by Crippen LogP contribution is -2.40. The normalized spacial score (nSPS) is 12.8. The van der Waals surface area contributed by atoms with Crippen molar-refractivity contribution in [2.75, 3.05) is 4.72 Å². The summed E-state index contributed by atoms with van der Waals surface area (Å²) in [4.78, 5) is -0.338. The zero-order chi connectivity index (χ0) is 18.9. The highest BCUT2D eigenvalue weighted by molar-refractivity contribution is 7.92. The molecule has 0 saturated heterocycles. The van der Waals surface area contributed by atoms with Gasteiger partial charge in [-0.05, 0) is 57.2 Å². The van der Waals surface area contributed by atoms with E-state index in [1.54, 1.807) is 20.8 Å².